The number of carbonyl (C=O) groups is 1. The minimum Gasteiger partial charge on any atom is -0.401 e. The highest BCUT2D eigenvalue weighted by molar-refractivity contribution is 5.80. The van der Waals surface area contributed by atoms with Gasteiger partial charge in [0.2, 0.25) is 5.91 Å². The first-order chi connectivity index (χ1) is 6.94. The molecule has 0 bridgehead atoms. The summed E-state index contributed by atoms with van der Waals surface area (Å²) < 4.78 is 5.28. The van der Waals surface area contributed by atoms with Crippen molar-refractivity contribution in [3.05, 3.63) is 23.9 Å². The monoisotopic (exact) mass is 210 g/mol. The fourth-order valence-electron chi connectivity index (χ4n) is 1.95. The highest BCUT2D eigenvalue weighted by Gasteiger charge is 2.44. The molecule has 0 aliphatic heterocycles. The van der Waals surface area contributed by atoms with E-state index < -0.39 is 11.3 Å². The van der Waals surface area contributed by atoms with E-state index in [2.05, 4.69) is 0 Å². The Labute approximate surface area is 90.0 Å². The maximum Gasteiger partial charge on any atom is 0.225 e. The predicted octanol–water partition coefficient (Wildman–Crippen LogP) is 0.542. The van der Waals surface area contributed by atoms with Crippen LogP contribution in [0.4, 0.5) is 0 Å². The summed E-state index contributed by atoms with van der Waals surface area (Å²) in [7, 11) is 1.60. The molecule has 3 unspecified atom stereocenters. The lowest BCUT2D eigenvalue weighted by molar-refractivity contribution is -0.126. The molecule has 0 aromatic heterocycles. The first kappa shape index (κ1) is 11.8. The molecule has 0 saturated carbocycles. The average Bonchev–Trinajstić information content (AvgIpc) is 2.20. The zero-order valence-electron chi connectivity index (χ0n) is 9.36. The molecule has 0 aromatic rings. The Balaban J connectivity index is 3.14. The van der Waals surface area contributed by atoms with Crippen molar-refractivity contribution >= 4 is 5.91 Å². The van der Waals surface area contributed by atoms with E-state index in [1.807, 2.05) is 13.8 Å². The summed E-state index contributed by atoms with van der Waals surface area (Å²) in [4.78, 5) is 11.4. The number of hydrogen-bond donors (Lipinski definition) is 2. The van der Waals surface area contributed by atoms with Crippen LogP contribution >= 0.6 is 0 Å². The van der Waals surface area contributed by atoms with Crippen LogP contribution in [0.25, 0.3) is 0 Å². The van der Waals surface area contributed by atoms with Crippen LogP contribution in [0.5, 0.6) is 0 Å². The molecule has 1 aliphatic rings. The third kappa shape index (κ3) is 1.77. The van der Waals surface area contributed by atoms with Gasteiger partial charge in [-0.15, -0.1) is 0 Å². The van der Waals surface area contributed by atoms with Gasteiger partial charge in [0.15, 0.2) is 0 Å². The van der Waals surface area contributed by atoms with E-state index in [4.69, 9.17) is 16.2 Å². The van der Waals surface area contributed by atoms with Crippen LogP contribution < -0.4 is 11.5 Å². The Morgan fingerprint density at radius 2 is 2.27 bits per heavy atom. The summed E-state index contributed by atoms with van der Waals surface area (Å²) >= 11 is 0. The fourth-order valence-corrected chi connectivity index (χ4v) is 1.95. The number of amides is 1. The van der Waals surface area contributed by atoms with E-state index >= 15 is 0 Å². The molecule has 1 amide bonds. The van der Waals surface area contributed by atoms with Gasteiger partial charge in [0.1, 0.15) is 0 Å². The molecule has 1 aliphatic carbocycles. The Hall–Kier alpha value is -1.29. The van der Waals surface area contributed by atoms with Crippen molar-refractivity contribution in [3.63, 3.8) is 0 Å². The minimum atomic E-state index is -0.560. The number of allylic oxidation sites excluding steroid dienone is 2. The third-order valence-corrected chi connectivity index (χ3v) is 3.35. The van der Waals surface area contributed by atoms with Gasteiger partial charge in [-0.1, -0.05) is 19.1 Å². The fraction of sp³-hybridized carbons (Fsp3) is 0.545. The van der Waals surface area contributed by atoms with Gasteiger partial charge in [-0.3, -0.25) is 4.79 Å². The molecule has 4 heteroatoms. The largest absolute Gasteiger partial charge is 0.401 e. The van der Waals surface area contributed by atoms with Crippen LogP contribution in [0.3, 0.4) is 0 Å². The summed E-state index contributed by atoms with van der Waals surface area (Å²) in [6, 6.07) is 0. The van der Waals surface area contributed by atoms with Crippen LogP contribution in [0.15, 0.2) is 23.9 Å². The number of hydrogen-bond acceptors (Lipinski definition) is 3. The molecule has 84 valence electrons. The number of rotatable bonds is 3. The first-order valence-corrected chi connectivity index (χ1v) is 4.91. The van der Waals surface area contributed by atoms with Crippen molar-refractivity contribution in [2.45, 2.75) is 20.0 Å². The van der Waals surface area contributed by atoms with Gasteiger partial charge in [0, 0.05) is 18.2 Å². The van der Waals surface area contributed by atoms with Gasteiger partial charge in [0.25, 0.3) is 0 Å². The lowest BCUT2D eigenvalue weighted by atomic mass is 9.68. The third-order valence-electron chi connectivity index (χ3n) is 3.35. The Morgan fingerprint density at radius 1 is 1.67 bits per heavy atom. The van der Waals surface area contributed by atoms with Crippen molar-refractivity contribution in [3.8, 4) is 0 Å². The smallest absolute Gasteiger partial charge is 0.225 e. The number of methoxy groups -OCH3 is 1. The number of primary amides is 1. The summed E-state index contributed by atoms with van der Waals surface area (Å²) in [5, 5.41) is 0. The summed E-state index contributed by atoms with van der Waals surface area (Å²) in [5.41, 5.74) is 11.4. The second kappa shape index (κ2) is 4.06. The Morgan fingerprint density at radius 3 is 2.73 bits per heavy atom. The summed E-state index contributed by atoms with van der Waals surface area (Å²) in [5.74, 6) is -0.800. The van der Waals surface area contributed by atoms with Gasteiger partial charge in [-0.05, 0) is 13.0 Å². The normalized spacial score (nSPS) is 32.2. The molecular weight excluding hydrogens is 192 g/mol. The van der Waals surface area contributed by atoms with Crippen molar-refractivity contribution < 1.29 is 9.53 Å². The lowest BCUT2D eigenvalue weighted by Gasteiger charge is -2.40. The molecule has 0 heterocycles. The number of ether oxygens (including phenoxy) is 1. The lowest BCUT2D eigenvalue weighted by Crippen LogP contribution is -2.48. The van der Waals surface area contributed by atoms with Crippen LogP contribution in [0.1, 0.15) is 13.8 Å². The second-order valence-electron chi connectivity index (χ2n) is 4.05. The predicted molar refractivity (Wildman–Crippen MR) is 58.7 cm³/mol. The zero-order valence-corrected chi connectivity index (χ0v) is 9.36. The van der Waals surface area contributed by atoms with E-state index in [1.54, 1.807) is 25.3 Å². The van der Waals surface area contributed by atoms with E-state index in [0.717, 1.165) is 0 Å². The highest BCUT2D eigenvalue weighted by atomic mass is 16.5. The van der Waals surface area contributed by atoms with Crippen LogP contribution in [-0.4, -0.2) is 19.1 Å². The molecule has 0 radical (unpaired) electrons. The summed E-state index contributed by atoms with van der Waals surface area (Å²) in [6.45, 7) is 3.78. The van der Waals surface area contributed by atoms with Gasteiger partial charge >= 0.3 is 0 Å². The SMILES string of the molecule is COC(C)C1(C)C(N)=CC=CC1C(N)=O. The molecule has 3 atom stereocenters. The second-order valence-corrected chi connectivity index (χ2v) is 4.05. The molecule has 4 nitrogen and oxygen atoms in total. The number of nitrogens with two attached hydrogens (primary N) is 2. The van der Waals surface area contributed by atoms with Crippen LogP contribution in [0.2, 0.25) is 0 Å². The van der Waals surface area contributed by atoms with E-state index in [0.29, 0.717) is 5.70 Å². The average molecular weight is 210 g/mol. The molecule has 4 N–H and O–H groups in total. The molecule has 0 fully saturated rings. The molecule has 1 rings (SSSR count). The number of carbonyl (C=O) groups excluding carboxylic acids is 1. The quantitative estimate of drug-likeness (QED) is 0.713. The van der Waals surface area contributed by atoms with Crippen LogP contribution in [0, 0.1) is 11.3 Å². The maximum absolute atomic E-state index is 11.4. The van der Waals surface area contributed by atoms with Crippen molar-refractivity contribution in [2.24, 2.45) is 22.8 Å². The van der Waals surface area contributed by atoms with Crippen molar-refractivity contribution in [1.29, 1.82) is 0 Å². The van der Waals surface area contributed by atoms with Gasteiger partial charge in [0.05, 0.1) is 12.0 Å². The molecule has 0 aromatic carbocycles. The zero-order chi connectivity index (χ0) is 11.6. The van der Waals surface area contributed by atoms with Gasteiger partial charge in [-0.2, -0.15) is 0 Å². The highest BCUT2D eigenvalue weighted by Crippen LogP contribution is 2.40. The van der Waals surface area contributed by atoms with E-state index in [-0.39, 0.29) is 12.0 Å². The van der Waals surface area contributed by atoms with Crippen molar-refractivity contribution in [1.82, 2.24) is 0 Å². The first-order valence-electron chi connectivity index (χ1n) is 4.91. The molecule has 15 heavy (non-hydrogen) atoms. The standard InChI is InChI=1S/C11H18N2O2/c1-7(15-3)11(2)8(10(13)14)5-4-6-9(11)12/h4-8H,12H2,1-3H3,(H2,13,14). The van der Waals surface area contributed by atoms with Crippen molar-refractivity contribution in [2.75, 3.05) is 7.11 Å². The van der Waals surface area contributed by atoms with E-state index in [1.165, 1.54) is 0 Å². The Kier molecular flexibility index (Phi) is 3.19. The molecular formula is C11H18N2O2. The van der Waals surface area contributed by atoms with Gasteiger partial charge in [-0.25, -0.2) is 0 Å². The van der Waals surface area contributed by atoms with Crippen LogP contribution in [-0.2, 0) is 9.53 Å². The van der Waals surface area contributed by atoms with Gasteiger partial charge < -0.3 is 16.2 Å². The topological polar surface area (TPSA) is 78.3 Å². The maximum atomic E-state index is 11.4. The molecule has 0 saturated heterocycles. The van der Waals surface area contributed by atoms with E-state index in [9.17, 15) is 4.79 Å². The minimum absolute atomic E-state index is 0.170. The summed E-state index contributed by atoms with van der Waals surface area (Å²) in [6.07, 6.45) is 5.15. The Bertz CT molecular complexity index is 323. The molecule has 0 spiro atoms.